The highest BCUT2D eigenvalue weighted by molar-refractivity contribution is 6.34. The normalized spacial score (nSPS) is 12.7. The summed E-state index contributed by atoms with van der Waals surface area (Å²) in [6.45, 7) is 0. The van der Waals surface area contributed by atoms with E-state index in [-0.39, 0.29) is 0 Å². The van der Waals surface area contributed by atoms with Crippen molar-refractivity contribution in [1.29, 1.82) is 0 Å². The lowest BCUT2D eigenvalue weighted by Gasteiger charge is -2.09. The maximum atomic E-state index is 5.85. The highest BCUT2D eigenvalue weighted by Crippen LogP contribution is 2.48. The fourth-order valence-electron chi connectivity index (χ4n) is 11.1. The van der Waals surface area contributed by atoms with E-state index < -0.39 is 0 Å². The van der Waals surface area contributed by atoms with E-state index in [9.17, 15) is 0 Å². The monoisotopic (exact) mass is 746 g/mol. The number of aromatic nitrogens is 4. The molecule has 9 aromatic carbocycles. The summed E-state index contributed by atoms with van der Waals surface area (Å²) in [5, 5.41) is 16.2. The van der Waals surface area contributed by atoms with Crippen molar-refractivity contribution in [2.24, 2.45) is 0 Å². The molecule has 0 fully saturated rings. The summed E-state index contributed by atoms with van der Waals surface area (Å²) >= 11 is 0. The van der Waals surface area contributed by atoms with Crippen LogP contribution in [0, 0.1) is 0 Å². The Hall–Kier alpha value is -7.95. The van der Waals surface area contributed by atoms with E-state index in [1.54, 1.807) is 0 Å². The van der Waals surface area contributed by atoms with Crippen LogP contribution in [0.15, 0.2) is 182 Å². The summed E-state index contributed by atoms with van der Waals surface area (Å²) < 4.78 is 7.39. The highest BCUT2D eigenvalue weighted by atomic mass is 15.0. The fourth-order valence-corrected chi connectivity index (χ4v) is 11.1. The standard InChI is InChI=1S/C55H30N4/c1-2-14-34(15-3-1)57-46-23-9-8-18-38(46)43-28-33(25-27-47(43)57)37-19-10-20-39-40-21-11-22-41-45-30-48-50(56-55(45)59(52(37)39)53(40)41)49-35-16-6-5-13-32(35)29-44-42-26-24-31-12-4-7-17-36(31)51(42)58(48)54(44)49/h1-30H. The number of hydrogen-bond acceptors (Lipinski definition) is 1. The number of nitrogens with zero attached hydrogens (tertiary/aromatic N) is 4. The van der Waals surface area contributed by atoms with E-state index in [1.165, 1.54) is 120 Å². The molecule has 59 heavy (non-hydrogen) atoms. The first-order chi connectivity index (χ1) is 29.3. The molecule has 0 bridgehead atoms. The van der Waals surface area contributed by atoms with Crippen molar-refractivity contribution >= 4 is 120 Å². The average Bonchev–Trinajstić information content (AvgIpc) is 4.08. The summed E-state index contributed by atoms with van der Waals surface area (Å²) in [5.74, 6) is 0. The van der Waals surface area contributed by atoms with Gasteiger partial charge in [0.15, 0.2) is 0 Å². The van der Waals surface area contributed by atoms with Crippen molar-refractivity contribution in [3.05, 3.63) is 182 Å². The predicted molar refractivity (Wildman–Crippen MR) is 248 cm³/mol. The smallest absolute Gasteiger partial charge is 0.146 e. The fraction of sp³-hybridized carbons (Fsp3) is 0. The lowest BCUT2D eigenvalue weighted by Crippen LogP contribution is -1.93. The van der Waals surface area contributed by atoms with Crippen LogP contribution in [0.2, 0.25) is 0 Å². The van der Waals surface area contributed by atoms with Gasteiger partial charge in [0, 0.05) is 65.1 Å². The zero-order chi connectivity index (χ0) is 38.1. The second-order valence-corrected chi connectivity index (χ2v) is 16.3. The molecule has 0 amide bonds. The van der Waals surface area contributed by atoms with E-state index in [0.717, 1.165) is 16.7 Å². The van der Waals surface area contributed by atoms with Crippen LogP contribution in [-0.4, -0.2) is 18.4 Å². The molecule has 0 aliphatic carbocycles. The van der Waals surface area contributed by atoms with E-state index in [1.807, 2.05) is 0 Å². The van der Waals surface area contributed by atoms with Gasteiger partial charge in [-0.1, -0.05) is 140 Å². The molecular weight excluding hydrogens is 717 g/mol. The number of para-hydroxylation sites is 4. The van der Waals surface area contributed by atoms with Gasteiger partial charge in [-0.15, -0.1) is 0 Å². The maximum absolute atomic E-state index is 5.85. The molecule has 15 aromatic rings. The SMILES string of the molecule is c1ccc(-n2c3ccccc3c3cc(-c4cccc5c6cccc7c8cc9c(nc8n(c45)c76)c4c5ccccc5cc5c6ccc7ccccc7c6n9c54)ccc32)cc1. The molecule has 6 aromatic heterocycles. The Balaban J connectivity index is 1.10. The van der Waals surface area contributed by atoms with E-state index in [0.29, 0.717) is 0 Å². The van der Waals surface area contributed by atoms with Crippen LogP contribution in [-0.2, 0) is 0 Å². The molecule has 0 saturated heterocycles. The molecule has 0 radical (unpaired) electrons. The van der Waals surface area contributed by atoms with Crippen molar-refractivity contribution < 1.29 is 0 Å². The minimum atomic E-state index is 1.00. The van der Waals surface area contributed by atoms with Crippen LogP contribution in [0.1, 0.15) is 0 Å². The Bertz CT molecular complexity index is 4300. The predicted octanol–water partition coefficient (Wildman–Crippen LogP) is 14.5. The molecule has 0 atom stereocenters. The van der Waals surface area contributed by atoms with Crippen LogP contribution in [0.4, 0.5) is 0 Å². The zero-order valence-electron chi connectivity index (χ0n) is 31.6. The third-order valence-electron chi connectivity index (χ3n) is 13.4. The minimum absolute atomic E-state index is 1.00. The molecule has 15 rings (SSSR count). The molecule has 270 valence electrons. The first-order valence-electron chi connectivity index (χ1n) is 20.4. The van der Waals surface area contributed by atoms with Crippen LogP contribution >= 0.6 is 0 Å². The Kier molecular flexibility index (Phi) is 5.38. The van der Waals surface area contributed by atoms with Gasteiger partial charge in [0.25, 0.3) is 0 Å². The Morgan fingerprint density at radius 3 is 1.88 bits per heavy atom. The Morgan fingerprint density at radius 1 is 0.339 bits per heavy atom. The van der Waals surface area contributed by atoms with Crippen LogP contribution in [0.25, 0.3) is 137 Å². The Labute approximate surface area is 335 Å². The first-order valence-corrected chi connectivity index (χ1v) is 20.4. The quantitative estimate of drug-likeness (QED) is 0.173. The number of rotatable bonds is 2. The summed E-state index contributed by atoms with van der Waals surface area (Å²) in [7, 11) is 0. The molecule has 0 aliphatic heterocycles. The maximum Gasteiger partial charge on any atom is 0.146 e. The van der Waals surface area contributed by atoms with Crippen LogP contribution in [0.5, 0.6) is 0 Å². The molecule has 0 N–H and O–H groups in total. The van der Waals surface area contributed by atoms with Gasteiger partial charge in [0.05, 0.1) is 44.1 Å². The molecule has 0 unspecified atom stereocenters. The number of benzene rings is 9. The van der Waals surface area contributed by atoms with Gasteiger partial charge in [-0.2, -0.15) is 0 Å². The minimum Gasteiger partial charge on any atom is -0.309 e. The largest absolute Gasteiger partial charge is 0.309 e. The second-order valence-electron chi connectivity index (χ2n) is 16.3. The third kappa shape index (κ3) is 3.60. The van der Waals surface area contributed by atoms with E-state index >= 15 is 0 Å². The van der Waals surface area contributed by atoms with Gasteiger partial charge < -0.3 is 8.97 Å². The first kappa shape index (κ1) is 30.2. The van der Waals surface area contributed by atoms with Crippen molar-refractivity contribution in [2.75, 3.05) is 0 Å². The lowest BCUT2D eigenvalue weighted by atomic mass is 9.99. The van der Waals surface area contributed by atoms with Gasteiger partial charge in [0.2, 0.25) is 0 Å². The number of fused-ring (bicyclic) bond motifs is 19. The average molecular weight is 747 g/mol. The Morgan fingerprint density at radius 2 is 1.00 bits per heavy atom. The topological polar surface area (TPSA) is 26.6 Å². The van der Waals surface area contributed by atoms with Crippen molar-refractivity contribution in [3.63, 3.8) is 0 Å². The number of hydrogen-bond donors (Lipinski definition) is 0. The molecule has 0 spiro atoms. The molecular formula is C55H30N4. The van der Waals surface area contributed by atoms with Gasteiger partial charge in [0.1, 0.15) is 5.65 Å². The van der Waals surface area contributed by atoms with Crippen molar-refractivity contribution in [3.8, 4) is 16.8 Å². The summed E-state index contributed by atoms with van der Waals surface area (Å²) in [6, 6.07) is 67.2. The molecule has 0 saturated carbocycles. The second kappa shape index (κ2) is 10.5. The molecule has 0 aliphatic rings. The van der Waals surface area contributed by atoms with Crippen molar-refractivity contribution in [1.82, 2.24) is 18.4 Å². The number of pyridine rings is 1. The van der Waals surface area contributed by atoms with Gasteiger partial charge in [-0.3, -0.25) is 4.40 Å². The summed E-state index contributed by atoms with van der Waals surface area (Å²) in [6.07, 6.45) is 0. The zero-order valence-corrected chi connectivity index (χ0v) is 31.6. The summed E-state index contributed by atoms with van der Waals surface area (Å²) in [5.41, 5.74) is 14.1. The van der Waals surface area contributed by atoms with Gasteiger partial charge in [-0.05, 0) is 64.2 Å². The van der Waals surface area contributed by atoms with Crippen LogP contribution in [0.3, 0.4) is 0 Å². The van der Waals surface area contributed by atoms with Crippen molar-refractivity contribution in [2.45, 2.75) is 0 Å². The third-order valence-corrected chi connectivity index (χ3v) is 13.4. The molecule has 4 nitrogen and oxygen atoms in total. The van der Waals surface area contributed by atoms with Crippen LogP contribution < -0.4 is 0 Å². The van der Waals surface area contributed by atoms with E-state index in [2.05, 4.69) is 195 Å². The molecule has 4 heteroatoms. The lowest BCUT2D eigenvalue weighted by molar-refractivity contribution is 1.18. The van der Waals surface area contributed by atoms with E-state index in [4.69, 9.17) is 4.98 Å². The molecule has 6 heterocycles. The highest BCUT2D eigenvalue weighted by Gasteiger charge is 2.26. The van der Waals surface area contributed by atoms with Gasteiger partial charge >= 0.3 is 0 Å². The summed E-state index contributed by atoms with van der Waals surface area (Å²) in [4.78, 5) is 5.85. The van der Waals surface area contributed by atoms with Gasteiger partial charge in [-0.25, -0.2) is 4.98 Å².